The van der Waals surface area contributed by atoms with Crippen molar-refractivity contribution in [1.82, 2.24) is 10.2 Å². The van der Waals surface area contributed by atoms with Gasteiger partial charge in [0.2, 0.25) is 5.91 Å². The first-order chi connectivity index (χ1) is 11.5. The Balaban J connectivity index is 1.71. The Morgan fingerprint density at radius 2 is 2.08 bits per heavy atom. The lowest BCUT2D eigenvalue weighted by Crippen LogP contribution is -2.41. The fourth-order valence-corrected chi connectivity index (χ4v) is 3.14. The van der Waals surface area contributed by atoms with Gasteiger partial charge in [-0.25, -0.2) is 0 Å². The normalized spacial score (nSPS) is 17.5. The summed E-state index contributed by atoms with van der Waals surface area (Å²) in [5.41, 5.74) is 2.24. The third-order valence-electron chi connectivity index (χ3n) is 4.70. The van der Waals surface area contributed by atoms with Crippen molar-refractivity contribution in [2.75, 3.05) is 33.3 Å². The van der Waals surface area contributed by atoms with Crippen LogP contribution in [-0.2, 0) is 4.79 Å². The molecule has 0 radical (unpaired) electrons. The third-order valence-corrected chi connectivity index (χ3v) is 4.70. The van der Waals surface area contributed by atoms with Crippen LogP contribution in [0.15, 0.2) is 18.2 Å². The minimum Gasteiger partial charge on any atom is -0.491 e. The van der Waals surface area contributed by atoms with Crippen molar-refractivity contribution in [3.63, 3.8) is 0 Å². The summed E-state index contributed by atoms with van der Waals surface area (Å²) >= 11 is 0. The molecule has 134 valence electrons. The summed E-state index contributed by atoms with van der Waals surface area (Å²) in [4.78, 5) is 13.7. The monoisotopic (exact) mass is 334 g/mol. The molecule has 1 aliphatic heterocycles. The van der Waals surface area contributed by atoms with Crippen molar-refractivity contribution >= 4 is 5.91 Å². The van der Waals surface area contributed by atoms with E-state index in [9.17, 15) is 9.90 Å². The number of aliphatic hydroxyl groups is 1. The highest BCUT2D eigenvalue weighted by atomic mass is 16.5. The van der Waals surface area contributed by atoms with Crippen LogP contribution in [-0.4, -0.2) is 55.3 Å². The molecule has 1 unspecified atom stereocenters. The van der Waals surface area contributed by atoms with Crippen molar-refractivity contribution in [3.05, 3.63) is 29.3 Å². The van der Waals surface area contributed by atoms with Gasteiger partial charge < -0.3 is 20.1 Å². The van der Waals surface area contributed by atoms with Gasteiger partial charge in [0, 0.05) is 20.0 Å². The number of carbonyl (C=O) groups excluding carboxylic acids is 1. The largest absolute Gasteiger partial charge is 0.491 e. The second-order valence-electron chi connectivity index (χ2n) is 6.86. The van der Waals surface area contributed by atoms with Crippen LogP contribution in [0.1, 0.15) is 30.4 Å². The molecule has 0 aliphatic carbocycles. The smallest absolute Gasteiger partial charge is 0.220 e. The average Bonchev–Trinajstić information content (AvgIpc) is 2.57. The number of benzene rings is 1. The topological polar surface area (TPSA) is 61.8 Å². The van der Waals surface area contributed by atoms with E-state index in [1.54, 1.807) is 7.05 Å². The number of ether oxygens (including phenoxy) is 1. The second kappa shape index (κ2) is 9.04. The number of rotatable bonds is 7. The summed E-state index contributed by atoms with van der Waals surface area (Å²) in [6.45, 7) is 6.84. The molecule has 5 heteroatoms. The molecule has 0 saturated carbocycles. The van der Waals surface area contributed by atoms with Gasteiger partial charge in [-0.3, -0.25) is 4.79 Å². The van der Waals surface area contributed by atoms with Gasteiger partial charge in [-0.2, -0.15) is 0 Å². The molecule has 24 heavy (non-hydrogen) atoms. The molecule has 1 aromatic carbocycles. The number of nitrogens with zero attached hydrogens (tertiary/aromatic N) is 1. The van der Waals surface area contributed by atoms with Gasteiger partial charge in [0.25, 0.3) is 0 Å². The second-order valence-corrected chi connectivity index (χ2v) is 6.86. The lowest BCUT2D eigenvalue weighted by atomic mass is 9.93. The molecule has 1 aromatic rings. The highest BCUT2D eigenvalue weighted by Crippen LogP contribution is 2.21. The summed E-state index contributed by atoms with van der Waals surface area (Å²) < 4.78 is 5.78. The van der Waals surface area contributed by atoms with Gasteiger partial charge >= 0.3 is 0 Å². The fraction of sp³-hybridized carbons (Fsp3) is 0.632. The van der Waals surface area contributed by atoms with Crippen molar-refractivity contribution in [1.29, 1.82) is 0 Å². The maximum atomic E-state index is 11.4. The first kappa shape index (κ1) is 18.7. The van der Waals surface area contributed by atoms with E-state index < -0.39 is 6.10 Å². The molecule has 1 atom stereocenters. The SMILES string of the molecule is CNC(=O)CC1CCN(CC(O)COc2cc(C)ccc2C)CC1. The van der Waals surface area contributed by atoms with Gasteiger partial charge in [-0.05, 0) is 62.9 Å². The van der Waals surface area contributed by atoms with Gasteiger partial charge in [-0.15, -0.1) is 0 Å². The van der Waals surface area contributed by atoms with Crippen molar-refractivity contribution in [2.24, 2.45) is 5.92 Å². The zero-order valence-corrected chi connectivity index (χ0v) is 15.0. The van der Waals surface area contributed by atoms with Crippen LogP contribution in [0.25, 0.3) is 0 Å². The van der Waals surface area contributed by atoms with Crippen molar-refractivity contribution < 1.29 is 14.6 Å². The van der Waals surface area contributed by atoms with E-state index in [2.05, 4.69) is 16.3 Å². The minimum absolute atomic E-state index is 0.121. The molecule has 1 heterocycles. The molecule has 0 spiro atoms. The maximum Gasteiger partial charge on any atom is 0.220 e. The minimum atomic E-state index is -0.500. The van der Waals surface area contributed by atoms with E-state index in [0.717, 1.165) is 42.8 Å². The lowest BCUT2D eigenvalue weighted by Gasteiger charge is -2.32. The van der Waals surface area contributed by atoms with Gasteiger partial charge in [0.15, 0.2) is 0 Å². The van der Waals surface area contributed by atoms with Gasteiger partial charge in [0.05, 0.1) is 0 Å². The number of piperidine rings is 1. The Hall–Kier alpha value is -1.59. The third kappa shape index (κ3) is 5.80. The number of β-amino-alcohol motifs (C(OH)–C–C–N with tert-alkyl or cyclic N) is 1. The average molecular weight is 334 g/mol. The van der Waals surface area contributed by atoms with Crippen LogP contribution in [0.2, 0.25) is 0 Å². The van der Waals surface area contributed by atoms with Crippen molar-refractivity contribution in [2.45, 2.75) is 39.2 Å². The number of carbonyl (C=O) groups is 1. The number of likely N-dealkylation sites (tertiary alicyclic amines) is 1. The summed E-state index contributed by atoms with van der Waals surface area (Å²) in [6, 6.07) is 6.10. The van der Waals surface area contributed by atoms with Crippen LogP contribution < -0.4 is 10.1 Å². The van der Waals surface area contributed by atoms with E-state index in [4.69, 9.17) is 4.74 Å². The Bertz CT molecular complexity index is 539. The standard InChI is InChI=1S/C19H30N2O3/c1-14-4-5-15(2)18(10-14)24-13-17(22)12-21-8-6-16(7-9-21)11-19(23)20-3/h4-5,10,16-17,22H,6-9,11-13H2,1-3H3,(H,20,23). The fourth-order valence-electron chi connectivity index (χ4n) is 3.14. The summed E-state index contributed by atoms with van der Waals surface area (Å²) in [5, 5.41) is 12.9. The molecular formula is C19H30N2O3. The molecule has 0 aromatic heterocycles. The first-order valence-electron chi connectivity index (χ1n) is 8.79. The summed E-state index contributed by atoms with van der Waals surface area (Å²) in [5.74, 6) is 1.43. The molecule has 1 saturated heterocycles. The molecule has 0 bridgehead atoms. The van der Waals surface area contributed by atoms with Gasteiger partial charge in [-0.1, -0.05) is 12.1 Å². The number of hydrogen-bond acceptors (Lipinski definition) is 4. The van der Waals surface area contributed by atoms with E-state index in [1.165, 1.54) is 0 Å². The summed E-state index contributed by atoms with van der Waals surface area (Å²) in [7, 11) is 1.68. The predicted molar refractivity (Wildman–Crippen MR) is 95.3 cm³/mol. The van der Waals surface area contributed by atoms with E-state index in [0.29, 0.717) is 25.5 Å². The molecular weight excluding hydrogens is 304 g/mol. The number of aliphatic hydroxyl groups excluding tert-OH is 1. The molecule has 1 fully saturated rings. The Morgan fingerprint density at radius 1 is 1.38 bits per heavy atom. The number of amides is 1. The molecule has 2 rings (SSSR count). The van der Waals surface area contributed by atoms with Crippen LogP contribution in [0.3, 0.4) is 0 Å². The van der Waals surface area contributed by atoms with Crippen LogP contribution in [0, 0.1) is 19.8 Å². The van der Waals surface area contributed by atoms with Crippen LogP contribution in [0.4, 0.5) is 0 Å². The Morgan fingerprint density at radius 3 is 2.75 bits per heavy atom. The van der Waals surface area contributed by atoms with E-state index >= 15 is 0 Å². The Kier molecular flexibility index (Phi) is 7.06. The van der Waals surface area contributed by atoms with Gasteiger partial charge in [0.1, 0.15) is 18.5 Å². The highest BCUT2D eigenvalue weighted by molar-refractivity contribution is 5.75. The maximum absolute atomic E-state index is 11.4. The van der Waals surface area contributed by atoms with Crippen LogP contribution in [0.5, 0.6) is 5.75 Å². The number of aryl methyl sites for hydroxylation is 2. The highest BCUT2D eigenvalue weighted by Gasteiger charge is 2.22. The van der Waals surface area contributed by atoms with Crippen molar-refractivity contribution in [3.8, 4) is 5.75 Å². The molecule has 1 aliphatic rings. The molecule has 5 nitrogen and oxygen atoms in total. The quantitative estimate of drug-likeness (QED) is 0.799. The number of hydrogen-bond donors (Lipinski definition) is 2. The molecule has 2 N–H and O–H groups in total. The summed E-state index contributed by atoms with van der Waals surface area (Å²) in [6.07, 6.45) is 2.14. The first-order valence-corrected chi connectivity index (χ1v) is 8.79. The predicted octanol–water partition coefficient (Wildman–Crippen LogP) is 1.89. The zero-order valence-electron chi connectivity index (χ0n) is 15.0. The zero-order chi connectivity index (χ0) is 17.5. The van der Waals surface area contributed by atoms with E-state index in [1.807, 2.05) is 26.0 Å². The van der Waals surface area contributed by atoms with E-state index in [-0.39, 0.29) is 5.91 Å². The molecule has 1 amide bonds. The number of nitrogens with one attached hydrogen (secondary N) is 1. The van der Waals surface area contributed by atoms with Crippen LogP contribution >= 0.6 is 0 Å². The Labute approximate surface area is 145 Å². The lowest BCUT2D eigenvalue weighted by molar-refractivity contribution is -0.121.